The van der Waals surface area contributed by atoms with Crippen molar-refractivity contribution in [2.45, 2.75) is 0 Å². The van der Waals surface area contributed by atoms with Gasteiger partial charge in [-0.15, -0.1) is 0 Å². The molecule has 1 aliphatic heterocycles. The second-order valence-corrected chi connectivity index (χ2v) is 7.82. The molecule has 7 heteroatoms. The fourth-order valence-electron chi connectivity index (χ4n) is 2.92. The molecule has 0 spiro atoms. The highest BCUT2D eigenvalue weighted by Crippen LogP contribution is 2.29. The predicted molar refractivity (Wildman–Crippen MR) is 113 cm³/mol. The van der Waals surface area contributed by atoms with Gasteiger partial charge in [0, 0.05) is 41.9 Å². The fraction of sp³-hybridized carbons (Fsp3) is 0.200. The quantitative estimate of drug-likeness (QED) is 0.615. The van der Waals surface area contributed by atoms with Crippen molar-refractivity contribution in [1.29, 1.82) is 0 Å². The molecule has 2 N–H and O–H groups in total. The molecule has 0 unspecified atom stereocenters. The lowest BCUT2D eigenvalue weighted by Gasteiger charge is -2.28. The Morgan fingerprint density at radius 1 is 1.00 bits per heavy atom. The van der Waals surface area contributed by atoms with Crippen molar-refractivity contribution in [2.24, 2.45) is 0 Å². The summed E-state index contributed by atoms with van der Waals surface area (Å²) < 4.78 is 0. The first kappa shape index (κ1) is 17.9. The van der Waals surface area contributed by atoms with Crippen molar-refractivity contribution in [3.63, 3.8) is 0 Å². The Balaban J connectivity index is 1.71. The van der Waals surface area contributed by atoms with Crippen LogP contribution in [-0.2, 0) is 0 Å². The minimum atomic E-state index is 0.0488. The molecule has 0 bridgehead atoms. The maximum absolute atomic E-state index is 9.62. The van der Waals surface area contributed by atoms with E-state index in [0.29, 0.717) is 5.95 Å². The maximum atomic E-state index is 9.62. The maximum Gasteiger partial charge on any atom is 0.229 e. The third-order valence-electron chi connectivity index (χ3n) is 4.32. The first-order valence-corrected chi connectivity index (χ1v) is 10.2. The summed E-state index contributed by atoms with van der Waals surface area (Å²) in [6, 6.07) is 17.1. The molecule has 0 saturated carbocycles. The molecule has 4 rings (SSSR count). The average molecular weight is 399 g/mol. The van der Waals surface area contributed by atoms with E-state index in [1.54, 1.807) is 18.2 Å². The minimum Gasteiger partial charge on any atom is -0.506 e. The van der Waals surface area contributed by atoms with E-state index in [2.05, 4.69) is 15.2 Å². The van der Waals surface area contributed by atoms with Gasteiger partial charge in [0.05, 0.1) is 10.7 Å². The zero-order valence-corrected chi connectivity index (χ0v) is 16.2. The first-order valence-electron chi connectivity index (χ1n) is 8.72. The van der Waals surface area contributed by atoms with Gasteiger partial charge >= 0.3 is 0 Å². The fourth-order valence-corrected chi connectivity index (χ4v) is 4.00. The van der Waals surface area contributed by atoms with Gasteiger partial charge in [-0.05, 0) is 18.2 Å². The monoisotopic (exact) mass is 398 g/mol. The number of hydrogen-bond donors (Lipinski definition) is 2. The van der Waals surface area contributed by atoms with Crippen LogP contribution in [0, 0.1) is 0 Å². The van der Waals surface area contributed by atoms with E-state index in [-0.39, 0.29) is 10.8 Å². The van der Waals surface area contributed by atoms with Crippen LogP contribution in [0.2, 0.25) is 5.02 Å². The molecule has 2 heterocycles. The van der Waals surface area contributed by atoms with E-state index in [9.17, 15) is 5.11 Å². The van der Waals surface area contributed by atoms with E-state index < -0.39 is 0 Å². The van der Waals surface area contributed by atoms with Crippen LogP contribution < -0.4 is 10.2 Å². The summed E-state index contributed by atoms with van der Waals surface area (Å²) in [4.78, 5) is 11.7. The molecule has 1 fully saturated rings. The van der Waals surface area contributed by atoms with Gasteiger partial charge in [-0.25, -0.2) is 4.98 Å². The average Bonchev–Trinajstić information content (AvgIpc) is 2.72. The van der Waals surface area contributed by atoms with Crippen LogP contribution in [0.5, 0.6) is 5.75 Å². The summed E-state index contributed by atoms with van der Waals surface area (Å²) in [6.07, 6.45) is 0. The molecular formula is C20H19ClN4OS. The molecule has 1 aliphatic rings. The Bertz CT molecular complexity index is 933. The number of aromatic nitrogens is 2. The van der Waals surface area contributed by atoms with Crippen molar-refractivity contribution in [3.05, 3.63) is 59.6 Å². The van der Waals surface area contributed by atoms with E-state index >= 15 is 0 Å². The van der Waals surface area contributed by atoms with Crippen molar-refractivity contribution in [3.8, 4) is 17.0 Å². The molecule has 0 aliphatic carbocycles. The number of thioether (sulfide) groups is 1. The highest BCUT2D eigenvalue weighted by Gasteiger charge is 2.16. The lowest BCUT2D eigenvalue weighted by atomic mass is 10.1. The number of benzene rings is 2. The highest BCUT2D eigenvalue weighted by molar-refractivity contribution is 7.99. The zero-order chi connectivity index (χ0) is 18.6. The largest absolute Gasteiger partial charge is 0.506 e. The summed E-state index contributed by atoms with van der Waals surface area (Å²) in [7, 11) is 0. The standard InChI is InChI=1S/C20H19ClN4OS/c21-16-12-15(6-7-18(16)26)22-20-23-17(14-4-2-1-3-5-14)13-19(24-20)25-8-10-27-11-9-25/h1-7,12-13,26H,8-11H2,(H,22,23,24). The second kappa shape index (κ2) is 8.06. The van der Waals surface area contributed by atoms with E-state index in [0.717, 1.165) is 47.4 Å². The van der Waals surface area contributed by atoms with Gasteiger partial charge in [-0.1, -0.05) is 41.9 Å². The Morgan fingerprint density at radius 3 is 2.52 bits per heavy atom. The number of aromatic hydroxyl groups is 1. The summed E-state index contributed by atoms with van der Waals surface area (Å²) >= 11 is 7.98. The van der Waals surface area contributed by atoms with Crippen molar-refractivity contribution < 1.29 is 5.11 Å². The Kier molecular flexibility index (Phi) is 5.36. The van der Waals surface area contributed by atoms with Crippen LogP contribution >= 0.6 is 23.4 Å². The van der Waals surface area contributed by atoms with Crippen molar-refractivity contribution >= 4 is 40.8 Å². The highest BCUT2D eigenvalue weighted by atomic mass is 35.5. The van der Waals surface area contributed by atoms with Gasteiger partial charge in [-0.3, -0.25) is 0 Å². The van der Waals surface area contributed by atoms with Crippen LogP contribution in [0.4, 0.5) is 17.5 Å². The number of anilines is 3. The van der Waals surface area contributed by atoms with E-state index in [4.69, 9.17) is 16.6 Å². The number of nitrogens with one attached hydrogen (secondary N) is 1. The normalized spacial score (nSPS) is 14.2. The molecule has 0 amide bonds. The predicted octanol–water partition coefficient (Wildman–Crippen LogP) is 4.80. The Morgan fingerprint density at radius 2 is 1.78 bits per heavy atom. The lowest BCUT2D eigenvalue weighted by molar-refractivity contribution is 0.475. The smallest absolute Gasteiger partial charge is 0.229 e. The van der Waals surface area contributed by atoms with Crippen LogP contribution in [0.15, 0.2) is 54.6 Å². The molecule has 0 radical (unpaired) electrons. The lowest BCUT2D eigenvalue weighted by Crippen LogP contribution is -2.33. The van der Waals surface area contributed by atoms with Crippen LogP contribution in [0.25, 0.3) is 11.3 Å². The SMILES string of the molecule is Oc1ccc(Nc2nc(-c3ccccc3)cc(N3CCSCC3)n2)cc1Cl. The number of nitrogens with zero attached hydrogens (tertiary/aromatic N) is 3. The topological polar surface area (TPSA) is 61.3 Å². The van der Waals surface area contributed by atoms with Crippen LogP contribution in [0.3, 0.4) is 0 Å². The Hall–Kier alpha value is -2.44. The number of phenols is 1. The van der Waals surface area contributed by atoms with Gasteiger partial charge in [0.25, 0.3) is 0 Å². The summed E-state index contributed by atoms with van der Waals surface area (Å²) in [5, 5.41) is 13.1. The third kappa shape index (κ3) is 4.28. The third-order valence-corrected chi connectivity index (χ3v) is 5.57. The summed E-state index contributed by atoms with van der Waals surface area (Å²) in [5.41, 5.74) is 2.63. The number of halogens is 1. The molecular weight excluding hydrogens is 380 g/mol. The molecule has 1 aromatic heterocycles. The van der Waals surface area contributed by atoms with Crippen LogP contribution in [-0.4, -0.2) is 39.7 Å². The van der Waals surface area contributed by atoms with Gasteiger partial charge in [-0.2, -0.15) is 16.7 Å². The first-order chi connectivity index (χ1) is 13.2. The molecule has 27 heavy (non-hydrogen) atoms. The van der Waals surface area contributed by atoms with Crippen molar-refractivity contribution in [2.75, 3.05) is 34.8 Å². The van der Waals surface area contributed by atoms with E-state index in [1.807, 2.05) is 48.2 Å². The molecule has 138 valence electrons. The van der Waals surface area contributed by atoms with Crippen LogP contribution in [0.1, 0.15) is 0 Å². The second-order valence-electron chi connectivity index (χ2n) is 6.19. The number of phenolic OH excluding ortho intramolecular Hbond substituents is 1. The number of hydrogen-bond acceptors (Lipinski definition) is 6. The summed E-state index contributed by atoms with van der Waals surface area (Å²) in [5.74, 6) is 3.66. The Labute approximate surface area is 167 Å². The molecule has 1 saturated heterocycles. The van der Waals surface area contributed by atoms with Gasteiger partial charge in [0.2, 0.25) is 5.95 Å². The minimum absolute atomic E-state index is 0.0488. The molecule has 2 aromatic carbocycles. The van der Waals surface area contributed by atoms with E-state index in [1.165, 1.54) is 0 Å². The summed E-state index contributed by atoms with van der Waals surface area (Å²) in [6.45, 7) is 1.95. The van der Waals surface area contributed by atoms with Gasteiger partial charge in [0.15, 0.2) is 0 Å². The van der Waals surface area contributed by atoms with Crippen molar-refractivity contribution in [1.82, 2.24) is 9.97 Å². The zero-order valence-electron chi connectivity index (χ0n) is 14.6. The van der Waals surface area contributed by atoms with Gasteiger partial charge < -0.3 is 15.3 Å². The van der Waals surface area contributed by atoms with Gasteiger partial charge in [0.1, 0.15) is 11.6 Å². The molecule has 5 nitrogen and oxygen atoms in total. The number of rotatable bonds is 4. The molecule has 0 atom stereocenters. The molecule has 3 aromatic rings.